The van der Waals surface area contributed by atoms with Crippen LogP contribution >= 0.6 is 7.77 Å². The largest absolute Gasteiger partial charge is 0.629 e. The zero-order chi connectivity index (χ0) is 9.40. The molecule has 0 fully saturated rings. The van der Waals surface area contributed by atoms with Crippen LogP contribution in [0.25, 0.3) is 0 Å². The summed E-state index contributed by atoms with van der Waals surface area (Å²) in [7, 11) is -0.225. The number of hydrogen-bond acceptors (Lipinski definition) is 4. The molecule has 0 heterocycles. The van der Waals surface area contributed by atoms with Crippen LogP contribution in [0.15, 0.2) is 0 Å². The highest BCUT2D eigenvalue weighted by Gasteiger charge is 2.00. The third-order valence-electron chi connectivity index (χ3n) is 1.11. The lowest BCUT2D eigenvalue weighted by molar-refractivity contribution is -0.157. The third kappa shape index (κ3) is 6.28. The van der Waals surface area contributed by atoms with E-state index in [1.165, 1.54) is 12.9 Å². The molecule has 0 rings (SSSR count). The summed E-state index contributed by atoms with van der Waals surface area (Å²) < 4.78 is 9.26. The molecule has 0 aromatic rings. The zero-order valence-corrected chi connectivity index (χ0v) is 8.17. The van der Waals surface area contributed by atoms with Crippen molar-refractivity contribution in [1.82, 2.24) is 0 Å². The van der Waals surface area contributed by atoms with Gasteiger partial charge in [0.1, 0.15) is 6.42 Å². The Hall–Kier alpha value is -0.440. The summed E-state index contributed by atoms with van der Waals surface area (Å²) in [5, 5.41) is 0. The fourth-order valence-corrected chi connectivity index (χ4v) is 1.31. The van der Waals surface area contributed by atoms with Gasteiger partial charge in [-0.25, -0.2) is 0 Å². The van der Waals surface area contributed by atoms with E-state index in [4.69, 9.17) is 4.74 Å². The Morgan fingerprint density at radius 1 is 1.67 bits per heavy atom. The van der Waals surface area contributed by atoms with Crippen molar-refractivity contribution in [2.24, 2.45) is 0 Å². The van der Waals surface area contributed by atoms with Crippen LogP contribution in [0.2, 0.25) is 0 Å². The molecule has 0 bridgehead atoms. The summed E-state index contributed by atoms with van der Waals surface area (Å²) >= 11 is 0. The molecule has 4 nitrogen and oxygen atoms in total. The standard InChI is InChI=1S/C7H13O4P/c1-3-11-6-12(9)5-4-7(8)10-2/h5H,3-4,6H2,1-2H3. The van der Waals surface area contributed by atoms with E-state index in [0.29, 0.717) is 6.61 Å². The minimum absolute atomic E-state index is 0.0821. The first kappa shape index (κ1) is 11.6. The van der Waals surface area contributed by atoms with Crippen LogP contribution in [0.3, 0.4) is 0 Å². The number of hydrogen-bond donors (Lipinski definition) is 0. The predicted octanol–water partition coefficient (Wildman–Crippen LogP) is 0.103. The minimum Gasteiger partial charge on any atom is -0.629 e. The molecule has 0 aliphatic carbocycles. The Labute approximate surface area is 73.0 Å². The van der Waals surface area contributed by atoms with Gasteiger partial charge >= 0.3 is 5.97 Å². The van der Waals surface area contributed by atoms with Gasteiger partial charge in [0.05, 0.1) is 20.7 Å². The average Bonchev–Trinajstić information content (AvgIpc) is 2.10. The van der Waals surface area contributed by atoms with Gasteiger partial charge in [-0.1, -0.05) is 0 Å². The van der Waals surface area contributed by atoms with E-state index in [0.717, 1.165) is 0 Å². The van der Waals surface area contributed by atoms with E-state index in [2.05, 4.69) is 4.74 Å². The Morgan fingerprint density at radius 2 is 2.33 bits per heavy atom. The summed E-state index contributed by atoms with van der Waals surface area (Å²) in [6.07, 6.45) is 0.265. The number of esters is 1. The van der Waals surface area contributed by atoms with Gasteiger partial charge in [0.25, 0.3) is 0 Å². The monoisotopic (exact) mass is 192 g/mol. The van der Waals surface area contributed by atoms with Gasteiger partial charge in [0.2, 0.25) is 6.35 Å². The van der Waals surface area contributed by atoms with Crippen molar-refractivity contribution in [2.45, 2.75) is 13.3 Å². The van der Waals surface area contributed by atoms with Crippen LogP contribution in [0, 0.1) is 0 Å². The van der Waals surface area contributed by atoms with E-state index in [9.17, 15) is 9.69 Å². The molecule has 12 heavy (non-hydrogen) atoms. The lowest BCUT2D eigenvalue weighted by Gasteiger charge is -1.97. The Balaban J connectivity index is 3.60. The molecule has 1 unspecified atom stereocenters. The van der Waals surface area contributed by atoms with Gasteiger partial charge in [0.15, 0.2) is 0 Å². The van der Waals surface area contributed by atoms with E-state index >= 15 is 0 Å². The molecule has 0 amide bonds. The molecule has 0 spiro atoms. The molecule has 1 atom stereocenters. The molecule has 0 aromatic carbocycles. The zero-order valence-electron chi connectivity index (χ0n) is 7.28. The highest BCUT2D eigenvalue weighted by molar-refractivity contribution is 7.49. The number of methoxy groups -OCH3 is 1. The average molecular weight is 192 g/mol. The maximum Gasteiger partial charge on any atom is 0.313 e. The number of ether oxygens (including phenoxy) is 2. The minimum atomic E-state index is -1.52. The van der Waals surface area contributed by atoms with Crippen molar-refractivity contribution in [1.29, 1.82) is 0 Å². The van der Waals surface area contributed by atoms with Gasteiger partial charge in [0, 0.05) is 6.61 Å². The van der Waals surface area contributed by atoms with Crippen molar-refractivity contribution in [3.63, 3.8) is 0 Å². The molecule has 5 heteroatoms. The van der Waals surface area contributed by atoms with E-state index < -0.39 is 7.77 Å². The van der Waals surface area contributed by atoms with Gasteiger partial charge in [-0.15, -0.1) is 0 Å². The molecule has 70 valence electrons. The highest BCUT2D eigenvalue weighted by atomic mass is 31.1. The molecular formula is C7H13O4P. The fourth-order valence-electron chi connectivity index (χ4n) is 0.494. The van der Waals surface area contributed by atoms with Crippen LogP contribution in [-0.2, 0) is 14.3 Å². The van der Waals surface area contributed by atoms with Crippen molar-refractivity contribution in [3.8, 4) is 0 Å². The van der Waals surface area contributed by atoms with Gasteiger partial charge in [-0.05, 0) is 6.92 Å². The Morgan fingerprint density at radius 3 is 2.83 bits per heavy atom. The lowest BCUT2D eigenvalue weighted by Crippen LogP contribution is -2.04. The first-order valence-corrected chi connectivity index (χ1v) is 5.13. The van der Waals surface area contributed by atoms with Gasteiger partial charge in [-0.3, -0.25) is 4.79 Å². The van der Waals surface area contributed by atoms with Crippen LogP contribution in [0.4, 0.5) is 0 Å². The molecule has 0 N–H and O–H groups in total. The maximum absolute atomic E-state index is 11.0. The normalized spacial score (nSPS) is 11.4. The number of carbonyl (C=O) groups excluding carboxylic acids is 1. The number of carbonyl (C=O) groups is 1. The maximum atomic E-state index is 11.0. The van der Waals surface area contributed by atoms with Crippen LogP contribution < -0.4 is 4.89 Å². The second-order valence-corrected chi connectivity index (χ2v) is 3.46. The second kappa shape index (κ2) is 7.22. The lowest BCUT2D eigenvalue weighted by atomic mass is 10.5. The molecular weight excluding hydrogens is 179 g/mol. The highest BCUT2D eigenvalue weighted by Crippen LogP contribution is 2.09. The summed E-state index contributed by atoms with van der Waals surface area (Å²) in [5.41, 5.74) is 0. The first-order chi connectivity index (χ1) is 5.70. The smallest absolute Gasteiger partial charge is 0.313 e. The molecule has 0 aliphatic rings. The molecule has 0 saturated heterocycles. The number of rotatable bonds is 5. The van der Waals surface area contributed by atoms with Crippen molar-refractivity contribution in [3.05, 3.63) is 0 Å². The summed E-state index contributed by atoms with van der Waals surface area (Å²) in [4.78, 5) is 21.5. The third-order valence-corrected chi connectivity index (χ3v) is 2.14. The molecule has 0 aromatic heterocycles. The first-order valence-electron chi connectivity index (χ1n) is 3.62. The Bertz CT molecular complexity index is 167. The molecule has 0 radical (unpaired) electrons. The summed E-state index contributed by atoms with van der Waals surface area (Å²) in [6, 6.07) is 0. The van der Waals surface area contributed by atoms with Crippen LogP contribution in [0.5, 0.6) is 0 Å². The van der Waals surface area contributed by atoms with Gasteiger partial charge in [-0.2, -0.15) is 0 Å². The summed E-state index contributed by atoms with van der Waals surface area (Å²) in [5.74, 6) is 1.03. The SMILES string of the molecule is CCOC[P+]([O-])=CCC(=O)OC. The van der Waals surface area contributed by atoms with Gasteiger partial charge < -0.3 is 14.4 Å². The molecule has 0 saturated carbocycles. The summed E-state index contributed by atoms with van der Waals surface area (Å²) in [6.45, 7) is 2.36. The molecule has 0 aliphatic heterocycles. The van der Waals surface area contributed by atoms with E-state index in [1.807, 2.05) is 6.92 Å². The van der Waals surface area contributed by atoms with Crippen molar-refractivity contribution < 1.29 is 19.2 Å². The Kier molecular flexibility index (Phi) is 6.96. The topological polar surface area (TPSA) is 58.6 Å². The van der Waals surface area contributed by atoms with E-state index in [1.54, 1.807) is 0 Å². The van der Waals surface area contributed by atoms with E-state index in [-0.39, 0.29) is 18.7 Å². The second-order valence-electron chi connectivity index (χ2n) is 2.00. The van der Waals surface area contributed by atoms with Crippen molar-refractivity contribution in [2.75, 3.05) is 20.1 Å². The van der Waals surface area contributed by atoms with Crippen molar-refractivity contribution >= 4 is 19.5 Å². The van der Waals surface area contributed by atoms with Crippen LogP contribution in [-0.4, -0.2) is 31.8 Å². The fraction of sp³-hybridized carbons (Fsp3) is 0.714. The van der Waals surface area contributed by atoms with Crippen LogP contribution in [0.1, 0.15) is 13.3 Å². The quantitative estimate of drug-likeness (QED) is 0.458. The predicted molar refractivity (Wildman–Crippen MR) is 46.1 cm³/mol.